The highest BCUT2D eigenvalue weighted by Crippen LogP contribution is 2.41. The first-order valence-electron chi connectivity index (χ1n) is 10.4. The summed E-state index contributed by atoms with van der Waals surface area (Å²) in [6.07, 6.45) is 2.05. The van der Waals surface area contributed by atoms with Crippen molar-refractivity contribution >= 4 is 17.4 Å². The zero-order valence-electron chi connectivity index (χ0n) is 17.2. The van der Waals surface area contributed by atoms with Gasteiger partial charge < -0.3 is 23.9 Å². The van der Waals surface area contributed by atoms with Crippen molar-refractivity contribution in [2.24, 2.45) is 0 Å². The number of carbonyl (C=O) groups excluding carboxylic acids is 2. The fourth-order valence-electron chi connectivity index (χ4n) is 4.09. The number of aliphatic hydroxyl groups excluding tert-OH is 1. The average Bonchev–Trinajstić information content (AvgIpc) is 3.45. The van der Waals surface area contributed by atoms with E-state index in [0.717, 1.165) is 5.56 Å². The second-order valence-electron chi connectivity index (χ2n) is 7.60. The van der Waals surface area contributed by atoms with Crippen LogP contribution in [-0.4, -0.2) is 41.5 Å². The van der Waals surface area contributed by atoms with Crippen LogP contribution in [0, 0.1) is 0 Å². The number of hydrogen-bond donors (Lipinski definition) is 1. The summed E-state index contributed by atoms with van der Waals surface area (Å²) in [4.78, 5) is 27.4. The molecule has 0 radical (unpaired) electrons. The number of benzene rings is 2. The molecule has 2 aliphatic rings. The van der Waals surface area contributed by atoms with E-state index in [1.807, 2.05) is 30.3 Å². The van der Waals surface area contributed by atoms with Crippen LogP contribution in [0.3, 0.4) is 0 Å². The predicted octanol–water partition coefficient (Wildman–Crippen LogP) is 3.72. The largest absolute Gasteiger partial charge is 0.507 e. The molecule has 0 spiro atoms. The highest BCUT2D eigenvalue weighted by atomic mass is 16.6. The lowest BCUT2D eigenvalue weighted by molar-refractivity contribution is -0.140. The van der Waals surface area contributed by atoms with Gasteiger partial charge in [-0.2, -0.15) is 0 Å². The Morgan fingerprint density at radius 1 is 0.969 bits per heavy atom. The monoisotopic (exact) mass is 431 g/mol. The molecule has 7 nitrogen and oxygen atoms in total. The van der Waals surface area contributed by atoms with Crippen LogP contribution in [0.25, 0.3) is 5.76 Å². The third kappa shape index (κ3) is 3.51. The molecule has 1 atom stereocenters. The van der Waals surface area contributed by atoms with Crippen molar-refractivity contribution < 1.29 is 28.6 Å². The highest BCUT2D eigenvalue weighted by Gasteiger charge is 2.47. The van der Waals surface area contributed by atoms with Crippen LogP contribution in [0.15, 0.2) is 76.9 Å². The Morgan fingerprint density at radius 2 is 1.75 bits per heavy atom. The number of ether oxygens (including phenoxy) is 2. The number of hydrogen-bond acceptors (Lipinski definition) is 6. The van der Waals surface area contributed by atoms with E-state index in [9.17, 15) is 14.7 Å². The van der Waals surface area contributed by atoms with Gasteiger partial charge in [0.15, 0.2) is 11.5 Å². The Hall–Kier alpha value is -4.00. The van der Waals surface area contributed by atoms with Crippen LogP contribution < -0.4 is 9.47 Å². The van der Waals surface area contributed by atoms with E-state index in [0.29, 0.717) is 49.0 Å². The molecule has 1 amide bonds. The fourth-order valence-corrected chi connectivity index (χ4v) is 4.09. The standard InChI is InChI=1S/C25H21NO6/c27-23(17-8-9-18-20(15-17)32-14-13-31-18)21-22(19-7-4-12-30-19)26(25(29)24(21)28)11-10-16-5-2-1-3-6-16/h1-9,12,15,22,27H,10-11,13-14H2/t22-/m1/s1. The van der Waals surface area contributed by atoms with E-state index < -0.39 is 17.7 Å². The zero-order valence-corrected chi connectivity index (χ0v) is 17.2. The van der Waals surface area contributed by atoms with Gasteiger partial charge in [-0.15, -0.1) is 0 Å². The van der Waals surface area contributed by atoms with Gasteiger partial charge in [0, 0.05) is 12.1 Å². The van der Waals surface area contributed by atoms with Gasteiger partial charge in [0.25, 0.3) is 11.7 Å². The molecule has 0 bridgehead atoms. The molecule has 1 N–H and O–H groups in total. The van der Waals surface area contributed by atoms with Crippen LogP contribution in [-0.2, 0) is 16.0 Å². The Kier molecular flexibility index (Phi) is 5.15. The van der Waals surface area contributed by atoms with Gasteiger partial charge in [-0.25, -0.2) is 0 Å². The first-order valence-corrected chi connectivity index (χ1v) is 10.4. The van der Waals surface area contributed by atoms with Crippen LogP contribution in [0.4, 0.5) is 0 Å². The molecule has 2 aliphatic heterocycles. The van der Waals surface area contributed by atoms with Gasteiger partial charge in [-0.3, -0.25) is 9.59 Å². The quantitative estimate of drug-likeness (QED) is 0.376. The Morgan fingerprint density at radius 3 is 2.50 bits per heavy atom. The Balaban J connectivity index is 1.54. The third-order valence-electron chi connectivity index (χ3n) is 5.65. The lowest BCUT2D eigenvalue weighted by Crippen LogP contribution is -2.31. The minimum atomic E-state index is -0.818. The highest BCUT2D eigenvalue weighted by molar-refractivity contribution is 6.46. The molecule has 0 saturated carbocycles. The normalized spacial score (nSPS) is 19.4. The topological polar surface area (TPSA) is 89.2 Å². The summed E-state index contributed by atoms with van der Waals surface area (Å²) in [6, 6.07) is 17.2. The summed E-state index contributed by atoms with van der Waals surface area (Å²) in [6.45, 7) is 1.15. The SMILES string of the molecule is O=C1C(=O)N(CCc2ccccc2)[C@H](c2ccco2)C1=C(O)c1ccc2c(c1)OCCO2. The number of Topliss-reactive ketones (excluding diaryl/α,β-unsaturated/α-hetero) is 1. The molecule has 1 saturated heterocycles. The van der Waals surface area contributed by atoms with Crippen molar-refractivity contribution in [3.05, 3.63) is 89.4 Å². The molecular weight excluding hydrogens is 410 g/mol. The van der Waals surface area contributed by atoms with Crippen LogP contribution in [0.1, 0.15) is 22.9 Å². The van der Waals surface area contributed by atoms with Crippen LogP contribution in [0.5, 0.6) is 11.5 Å². The summed E-state index contributed by atoms with van der Waals surface area (Å²) in [7, 11) is 0. The minimum absolute atomic E-state index is 0.00492. The number of amides is 1. The molecule has 5 rings (SSSR count). The minimum Gasteiger partial charge on any atom is -0.507 e. The molecule has 32 heavy (non-hydrogen) atoms. The number of nitrogens with zero attached hydrogens (tertiary/aromatic N) is 1. The van der Waals surface area contributed by atoms with Gasteiger partial charge in [0.2, 0.25) is 0 Å². The lowest BCUT2D eigenvalue weighted by Gasteiger charge is -2.23. The number of furan rings is 1. The zero-order chi connectivity index (χ0) is 22.1. The first kappa shape index (κ1) is 19.9. The van der Waals surface area contributed by atoms with Crippen molar-refractivity contribution in [2.75, 3.05) is 19.8 Å². The van der Waals surface area contributed by atoms with Gasteiger partial charge in [-0.05, 0) is 42.3 Å². The van der Waals surface area contributed by atoms with Crippen molar-refractivity contribution in [1.82, 2.24) is 4.90 Å². The maximum Gasteiger partial charge on any atom is 0.295 e. The van der Waals surface area contributed by atoms with E-state index in [1.165, 1.54) is 11.2 Å². The lowest BCUT2D eigenvalue weighted by atomic mass is 9.99. The number of rotatable bonds is 5. The van der Waals surface area contributed by atoms with Crippen LogP contribution in [0.2, 0.25) is 0 Å². The van der Waals surface area contributed by atoms with Gasteiger partial charge >= 0.3 is 0 Å². The van der Waals surface area contributed by atoms with Crippen molar-refractivity contribution in [3.63, 3.8) is 0 Å². The molecule has 1 aromatic heterocycles. The molecule has 3 heterocycles. The summed E-state index contributed by atoms with van der Waals surface area (Å²) in [5.41, 5.74) is 1.40. The molecule has 0 unspecified atom stereocenters. The second-order valence-corrected chi connectivity index (χ2v) is 7.60. The van der Waals surface area contributed by atoms with Crippen molar-refractivity contribution in [3.8, 4) is 11.5 Å². The second kappa shape index (κ2) is 8.26. The summed E-state index contributed by atoms with van der Waals surface area (Å²) < 4.78 is 16.7. The number of fused-ring (bicyclic) bond motifs is 1. The fraction of sp³-hybridized carbons (Fsp3) is 0.200. The summed E-state index contributed by atoms with van der Waals surface area (Å²) >= 11 is 0. The molecule has 1 fully saturated rings. The predicted molar refractivity (Wildman–Crippen MR) is 115 cm³/mol. The van der Waals surface area contributed by atoms with Crippen LogP contribution >= 0.6 is 0 Å². The molecule has 0 aliphatic carbocycles. The van der Waals surface area contributed by atoms with Gasteiger partial charge in [-0.1, -0.05) is 30.3 Å². The van der Waals surface area contributed by atoms with E-state index >= 15 is 0 Å². The number of carbonyl (C=O) groups is 2. The van der Waals surface area contributed by atoms with Gasteiger partial charge in [0.05, 0.1) is 11.8 Å². The smallest absolute Gasteiger partial charge is 0.295 e. The maximum absolute atomic E-state index is 13.0. The van der Waals surface area contributed by atoms with E-state index in [4.69, 9.17) is 13.9 Å². The van der Waals surface area contributed by atoms with Crippen molar-refractivity contribution in [1.29, 1.82) is 0 Å². The summed E-state index contributed by atoms with van der Waals surface area (Å²) in [5, 5.41) is 11.1. The number of ketones is 1. The number of likely N-dealkylation sites (tertiary alicyclic amines) is 1. The van der Waals surface area contributed by atoms with Crippen molar-refractivity contribution in [2.45, 2.75) is 12.5 Å². The van der Waals surface area contributed by atoms with E-state index in [1.54, 1.807) is 30.3 Å². The summed E-state index contributed by atoms with van der Waals surface area (Å²) in [5.74, 6) is -0.222. The molecule has 7 heteroatoms. The molecule has 3 aromatic rings. The van der Waals surface area contributed by atoms with E-state index in [2.05, 4.69) is 0 Å². The Labute approximate surface area is 184 Å². The maximum atomic E-state index is 13.0. The van der Waals surface area contributed by atoms with Gasteiger partial charge in [0.1, 0.15) is 30.8 Å². The molecule has 2 aromatic carbocycles. The first-order chi connectivity index (χ1) is 15.6. The Bertz CT molecular complexity index is 1180. The average molecular weight is 431 g/mol. The van der Waals surface area contributed by atoms with E-state index in [-0.39, 0.29) is 11.3 Å². The molecular formula is C25H21NO6. The molecule has 162 valence electrons. The number of aliphatic hydroxyl groups is 1. The third-order valence-corrected chi connectivity index (χ3v) is 5.65.